The van der Waals surface area contributed by atoms with Gasteiger partial charge in [-0.3, -0.25) is 4.57 Å². The van der Waals surface area contributed by atoms with E-state index in [2.05, 4.69) is 9.72 Å². The number of alkyl halides is 3. The third-order valence-corrected chi connectivity index (χ3v) is 2.75. The van der Waals surface area contributed by atoms with Gasteiger partial charge in [-0.25, -0.2) is 9.59 Å². The summed E-state index contributed by atoms with van der Waals surface area (Å²) in [6.45, 7) is -1.83. The summed E-state index contributed by atoms with van der Waals surface area (Å²) in [5.74, 6) is -1.16. The number of imidazole rings is 1. The van der Waals surface area contributed by atoms with Crippen molar-refractivity contribution in [2.45, 2.75) is 12.7 Å². The number of rotatable bonds is 5. The normalized spacial score (nSPS) is 12.0. The van der Waals surface area contributed by atoms with Crippen molar-refractivity contribution < 1.29 is 27.8 Å². The number of fused-ring (bicyclic) bond motifs is 1. The Balaban J connectivity index is 2.18. The van der Waals surface area contributed by atoms with E-state index in [0.29, 0.717) is 11.0 Å². The van der Waals surface area contributed by atoms with Crippen LogP contribution in [0.5, 0.6) is 0 Å². The van der Waals surface area contributed by atoms with Crippen LogP contribution in [0.4, 0.5) is 13.2 Å². The fourth-order valence-electron chi connectivity index (χ4n) is 1.85. The molecule has 0 saturated carbocycles. The maximum absolute atomic E-state index is 11.9. The van der Waals surface area contributed by atoms with Gasteiger partial charge in [0.05, 0.1) is 29.7 Å². The summed E-state index contributed by atoms with van der Waals surface area (Å²) in [4.78, 5) is 25.1. The lowest BCUT2D eigenvalue weighted by atomic mass is 10.2. The molecule has 0 spiro atoms. The molecule has 0 aliphatic rings. The van der Waals surface area contributed by atoms with Gasteiger partial charge >= 0.3 is 17.8 Å². The minimum Gasteiger partial charge on any atom is -0.478 e. The van der Waals surface area contributed by atoms with E-state index in [-0.39, 0.29) is 18.7 Å². The minimum absolute atomic E-state index is 0.0218. The molecule has 0 bridgehead atoms. The Morgan fingerprint density at radius 2 is 2.10 bits per heavy atom. The predicted molar refractivity (Wildman–Crippen MR) is 66.4 cm³/mol. The molecule has 1 heterocycles. The van der Waals surface area contributed by atoms with Crippen LogP contribution in [0.25, 0.3) is 11.0 Å². The Morgan fingerprint density at radius 1 is 1.38 bits per heavy atom. The maximum atomic E-state index is 11.9. The average Bonchev–Trinajstić information content (AvgIpc) is 2.68. The van der Waals surface area contributed by atoms with Gasteiger partial charge < -0.3 is 14.8 Å². The van der Waals surface area contributed by atoms with Gasteiger partial charge in [-0.2, -0.15) is 13.2 Å². The van der Waals surface area contributed by atoms with Crippen LogP contribution in [0.3, 0.4) is 0 Å². The molecular formula is C12H11F3N2O4. The first-order valence-electron chi connectivity index (χ1n) is 5.88. The van der Waals surface area contributed by atoms with E-state index in [9.17, 15) is 22.8 Å². The van der Waals surface area contributed by atoms with Gasteiger partial charge in [0.15, 0.2) is 0 Å². The quantitative estimate of drug-likeness (QED) is 0.822. The van der Waals surface area contributed by atoms with Gasteiger partial charge in [0.1, 0.15) is 6.61 Å². The zero-order chi connectivity index (χ0) is 15.6. The van der Waals surface area contributed by atoms with Gasteiger partial charge in [-0.05, 0) is 18.2 Å². The number of halogens is 3. The third-order valence-electron chi connectivity index (χ3n) is 2.75. The number of carboxylic acids is 1. The Hall–Kier alpha value is -2.29. The molecule has 0 fully saturated rings. The maximum Gasteiger partial charge on any atom is 0.411 e. The number of hydrogen-bond acceptors (Lipinski definition) is 3. The van der Waals surface area contributed by atoms with Crippen LogP contribution in [0.1, 0.15) is 10.4 Å². The highest BCUT2D eigenvalue weighted by atomic mass is 19.4. The average molecular weight is 304 g/mol. The highest BCUT2D eigenvalue weighted by Gasteiger charge is 2.27. The van der Waals surface area contributed by atoms with E-state index in [1.807, 2.05) is 0 Å². The molecule has 1 aromatic carbocycles. The molecule has 0 radical (unpaired) electrons. The van der Waals surface area contributed by atoms with E-state index >= 15 is 0 Å². The molecule has 9 heteroatoms. The Bertz CT molecular complexity index is 717. The number of ether oxygens (including phenoxy) is 1. The van der Waals surface area contributed by atoms with Crippen LogP contribution < -0.4 is 5.69 Å². The van der Waals surface area contributed by atoms with Crippen LogP contribution in [0.2, 0.25) is 0 Å². The van der Waals surface area contributed by atoms with E-state index < -0.39 is 24.4 Å². The largest absolute Gasteiger partial charge is 0.478 e. The number of carbonyl (C=O) groups is 1. The molecule has 114 valence electrons. The van der Waals surface area contributed by atoms with Crippen molar-refractivity contribution >= 4 is 17.0 Å². The minimum atomic E-state index is -4.43. The number of hydrogen-bond donors (Lipinski definition) is 2. The van der Waals surface area contributed by atoms with Crippen molar-refractivity contribution in [2.24, 2.45) is 0 Å². The fraction of sp³-hybridized carbons (Fsp3) is 0.333. The number of aromatic amines is 1. The molecule has 2 aromatic rings. The zero-order valence-electron chi connectivity index (χ0n) is 10.6. The van der Waals surface area contributed by atoms with Gasteiger partial charge in [0.25, 0.3) is 0 Å². The molecular weight excluding hydrogens is 293 g/mol. The first-order chi connectivity index (χ1) is 9.78. The van der Waals surface area contributed by atoms with Crippen LogP contribution in [-0.4, -0.2) is 40.0 Å². The summed E-state index contributed by atoms with van der Waals surface area (Å²) in [5, 5.41) is 8.90. The fourth-order valence-corrected chi connectivity index (χ4v) is 1.85. The third kappa shape index (κ3) is 3.63. The SMILES string of the molecule is O=C(O)c1ccc2[nH]c(=O)n(CCOCC(F)(F)F)c2c1. The molecule has 1 aromatic heterocycles. The van der Waals surface area contributed by atoms with Gasteiger partial charge in [-0.15, -0.1) is 0 Å². The molecule has 6 nitrogen and oxygen atoms in total. The van der Waals surface area contributed by atoms with Crippen molar-refractivity contribution in [1.29, 1.82) is 0 Å². The van der Waals surface area contributed by atoms with E-state index in [1.165, 1.54) is 18.2 Å². The predicted octanol–water partition coefficient (Wildman–Crippen LogP) is 1.61. The Kier molecular flexibility index (Phi) is 4.03. The smallest absolute Gasteiger partial charge is 0.411 e. The van der Waals surface area contributed by atoms with Crippen molar-refractivity contribution in [3.63, 3.8) is 0 Å². The Labute approximate surface area is 115 Å². The standard InChI is InChI=1S/C12H11F3N2O4/c13-12(14,15)6-21-4-3-17-9-5-7(10(18)19)1-2-8(9)16-11(17)20/h1-2,5H,3-4,6H2,(H,16,20)(H,18,19). The molecule has 2 rings (SSSR count). The number of benzene rings is 1. The second-order valence-corrected chi connectivity index (χ2v) is 4.29. The lowest BCUT2D eigenvalue weighted by Crippen LogP contribution is -2.23. The number of aromatic carboxylic acids is 1. The summed E-state index contributed by atoms with van der Waals surface area (Å²) < 4.78 is 41.4. The van der Waals surface area contributed by atoms with Gasteiger partial charge in [-0.1, -0.05) is 0 Å². The first kappa shape index (κ1) is 15.1. The van der Waals surface area contributed by atoms with Gasteiger partial charge in [0, 0.05) is 0 Å². The summed E-state index contributed by atoms with van der Waals surface area (Å²) >= 11 is 0. The van der Waals surface area contributed by atoms with E-state index in [1.54, 1.807) is 0 Å². The lowest BCUT2D eigenvalue weighted by Gasteiger charge is -2.08. The van der Waals surface area contributed by atoms with E-state index in [4.69, 9.17) is 5.11 Å². The van der Waals surface area contributed by atoms with Crippen LogP contribution in [0, 0.1) is 0 Å². The summed E-state index contributed by atoms with van der Waals surface area (Å²) in [5.41, 5.74) is 0.144. The second-order valence-electron chi connectivity index (χ2n) is 4.29. The molecule has 0 atom stereocenters. The summed E-state index contributed by atoms with van der Waals surface area (Å²) in [6.07, 6.45) is -4.43. The summed E-state index contributed by atoms with van der Waals surface area (Å²) in [6, 6.07) is 4.03. The van der Waals surface area contributed by atoms with Crippen molar-refractivity contribution in [1.82, 2.24) is 9.55 Å². The Morgan fingerprint density at radius 3 is 2.71 bits per heavy atom. The highest BCUT2D eigenvalue weighted by Crippen LogP contribution is 2.15. The summed E-state index contributed by atoms with van der Waals surface area (Å²) in [7, 11) is 0. The molecule has 0 amide bonds. The van der Waals surface area contributed by atoms with Crippen LogP contribution >= 0.6 is 0 Å². The van der Waals surface area contributed by atoms with Crippen LogP contribution in [0.15, 0.2) is 23.0 Å². The van der Waals surface area contributed by atoms with Crippen molar-refractivity contribution in [2.75, 3.05) is 13.2 Å². The highest BCUT2D eigenvalue weighted by molar-refractivity contribution is 5.92. The van der Waals surface area contributed by atoms with E-state index in [0.717, 1.165) is 4.57 Å². The monoisotopic (exact) mass is 304 g/mol. The number of nitrogens with one attached hydrogen (secondary N) is 1. The molecule has 2 N–H and O–H groups in total. The van der Waals surface area contributed by atoms with Crippen molar-refractivity contribution in [3.8, 4) is 0 Å². The topological polar surface area (TPSA) is 84.3 Å². The number of nitrogens with zero attached hydrogens (tertiary/aromatic N) is 1. The molecule has 0 aliphatic heterocycles. The number of aromatic nitrogens is 2. The van der Waals surface area contributed by atoms with Gasteiger partial charge in [0.2, 0.25) is 0 Å². The molecule has 0 saturated heterocycles. The zero-order valence-corrected chi connectivity index (χ0v) is 10.6. The first-order valence-corrected chi connectivity index (χ1v) is 5.88. The molecule has 0 aliphatic carbocycles. The van der Waals surface area contributed by atoms with Crippen LogP contribution in [-0.2, 0) is 11.3 Å². The molecule has 21 heavy (non-hydrogen) atoms. The number of carboxylic acid groups (broad SMARTS) is 1. The second kappa shape index (κ2) is 5.60. The number of H-pyrrole nitrogens is 1. The lowest BCUT2D eigenvalue weighted by molar-refractivity contribution is -0.174. The van der Waals surface area contributed by atoms with Crippen molar-refractivity contribution in [3.05, 3.63) is 34.2 Å². The molecule has 0 unspecified atom stereocenters.